The Morgan fingerprint density at radius 2 is 1.65 bits per heavy atom. The van der Waals surface area contributed by atoms with Crippen LogP contribution in [0.25, 0.3) is 0 Å². The summed E-state index contributed by atoms with van der Waals surface area (Å²) in [5, 5.41) is 0. The van der Waals surface area contributed by atoms with Crippen LogP contribution in [0.5, 0.6) is 11.5 Å². The highest BCUT2D eigenvalue weighted by atomic mass is 16.7. The van der Waals surface area contributed by atoms with Gasteiger partial charge in [-0.15, -0.1) is 0 Å². The third-order valence-corrected chi connectivity index (χ3v) is 6.79. The molecule has 3 aromatic rings. The number of nitrogens with two attached hydrogens (primary N) is 1. The van der Waals surface area contributed by atoms with Crippen molar-refractivity contribution in [2.24, 2.45) is 11.7 Å². The third-order valence-electron chi connectivity index (χ3n) is 6.79. The van der Waals surface area contributed by atoms with Crippen LogP contribution in [0.4, 0.5) is 10.5 Å². The summed E-state index contributed by atoms with van der Waals surface area (Å²) in [6.45, 7) is 3.53. The number of primary amides is 1. The smallest absolute Gasteiger partial charge is 0.319 e. The summed E-state index contributed by atoms with van der Waals surface area (Å²) in [5.74, 6) is 2.15. The molecule has 0 aliphatic carbocycles. The highest BCUT2D eigenvalue weighted by molar-refractivity contribution is 5.91. The number of likely N-dealkylation sites (tertiary alicyclic amines) is 1. The van der Waals surface area contributed by atoms with Crippen molar-refractivity contribution in [1.29, 1.82) is 0 Å². The van der Waals surface area contributed by atoms with Gasteiger partial charge in [-0.2, -0.15) is 0 Å². The zero-order valence-corrected chi connectivity index (χ0v) is 19.4. The van der Waals surface area contributed by atoms with Crippen molar-refractivity contribution in [3.8, 4) is 11.5 Å². The highest BCUT2D eigenvalue weighted by Crippen LogP contribution is 2.34. The SMILES string of the molecule is NC(=O)N(Cc1ccc2c(c1)OCO2)c1ccccc1CN1CCC(Cc2ccccc2)CC1. The van der Waals surface area contributed by atoms with Crippen LogP contribution in [0, 0.1) is 5.92 Å². The predicted molar refractivity (Wildman–Crippen MR) is 133 cm³/mol. The fourth-order valence-corrected chi connectivity index (χ4v) is 4.95. The summed E-state index contributed by atoms with van der Waals surface area (Å²) in [4.78, 5) is 16.6. The number of rotatable bonds is 7. The molecule has 2 aliphatic rings. The van der Waals surface area contributed by atoms with Crippen LogP contribution in [-0.4, -0.2) is 30.8 Å². The van der Waals surface area contributed by atoms with Crippen LogP contribution in [-0.2, 0) is 19.5 Å². The maximum atomic E-state index is 12.5. The van der Waals surface area contributed by atoms with E-state index in [1.807, 2.05) is 36.4 Å². The summed E-state index contributed by atoms with van der Waals surface area (Å²) < 4.78 is 10.9. The second-order valence-electron chi connectivity index (χ2n) is 9.15. The number of carbonyl (C=O) groups excluding carboxylic acids is 1. The number of anilines is 1. The number of ether oxygens (including phenoxy) is 2. The van der Waals surface area contributed by atoms with E-state index in [4.69, 9.17) is 15.2 Å². The molecule has 1 fully saturated rings. The molecule has 6 nitrogen and oxygen atoms in total. The number of benzene rings is 3. The average Bonchev–Trinajstić information content (AvgIpc) is 3.33. The van der Waals surface area contributed by atoms with Gasteiger partial charge in [-0.3, -0.25) is 9.80 Å². The Kier molecular flexibility index (Phi) is 6.67. The fraction of sp³-hybridized carbons (Fsp3) is 0.321. The van der Waals surface area contributed by atoms with E-state index >= 15 is 0 Å². The number of hydrogen-bond acceptors (Lipinski definition) is 4. The van der Waals surface area contributed by atoms with Gasteiger partial charge in [0, 0.05) is 6.54 Å². The van der Waals surface area contributed by atoms with E-state index in [0.717, 1.165) is 54.5 Å². The molecule has 34 heavy (non-hydrogen) atoms. The lowest BCUT2D eigenvalue weighted by Gasteiger charge is -2.33. The van der Waals surface area contributed by atoms with Crippen LogP contribution in [0.2, 0.25) is 0 Å². The molecular formula is C28H31N3O3. The van der Waals surface area contributed by atoms with Gasteiger partial charge >= 0.3 is 6.03 Å². The number of para-hydroxylation sites is 1. The van der Waals surface area contributed by atoms with Gasteiger partial charge in [0.25, 0.3) is 0 Å². The van der Waals surface area contributed by atoms with Gasteiger partial charge in [-0.05, 0) is 73.2 Å². The molecule has 0 atom stereocenters. The molecule has 0 spiro atoms. The normalized spacial score (nSPS) is 15.9. The lowest BCUT2D eigenvalue weighted by atomic mass is 9.90. The van der Waals surface area contributed by atoms with E-state index < -0.39 is 6.03 Å². The van der Waals surface area contributed by atoms with E-state index in [-0.39, 0.29) is 6.79 Å². The molecule has 2 amide bonds. The van der Waals surface area contributed by atoms with Crippen molar-refractivity contribution in [3.05, 3.63) is 89.5 Å². The topological polar surface area (TPSA) is 68.0 Å². The van der Waals surface area contributed by atoms with Crippen molar-refractivity contribution in [3.63, 3.8) is 0 Å². The lowest BCUT2D eigenvalue weighted by molar-refractivity contribution is 0.174. The second kappa shape index (κ2) is 10.2. The standard InChI is InChI=1S/C28H31N3O3/c29-28(32)31(18-23-10-11-26-27(17-23)34-20-33-26)25-9-5-4-8-24(25)19-30-14-12-22(13-15-30)16-21-6-2-1-3-7-21/h1-11,17,22H,12-16,18-20H2,(H2,29,32). The molecule has 0 unspecified atom stereocenters. The number of carbonyl (C=O) groups is 1. The number of amides is 2. The summed E-state index contributed by atoms with van der Waals surface area (Å²) in [6, 6.07) is 24.1. The summed E-state index contributed by atoms with van der Waals surface area (Å²) >= 11 is 0. The monoisotopic (exact) mass is 457 g/mol. The van der Waals surface area contributed by atoms with Gasteiger partial charge < -0.3 is 15.2 Å². The molecule has 2 N–H and O–H groups in total. The van der Waals surface area contributed by atoms with Crippen molar-refractivity contribution >= 4 is 11.7 Å². The molecule has 0 aromatic heterocycles. The second-order valence-corrected chi connectivity index (χ2v) is 9.15. The van der Waals surface area contributed by atoms with Crippen LogP contribution in [0.3, 0.4) is 0 Å². The quantitative estimate of drug-likeness (QED) is 0.545. The number of urea groups is 1. The Morgan fingerprint density at radius 3 is 2.44 bits per heavy atom. The summed E-state index contributed by atoms with van der Waals surface area (Å²) in [5.41, 5.74) is 10.2. The molecule has 2 aliphatic heterocycles. The van der Waals surface area contributed by atoms with Crippen molar-refractivity contribution in [1.82, 2.24) is 4.90 Å². The number of fused-ring (bicyclic) bond motifs is 1. The Bertz CT molecular complexity index is 1130. The molecule has 0 saturated carbocycles. The molecule has 176 valence electrons. The first-order chi connectivity index (χ1) is 16.7. The summed E-state index contributed by atoms with van der Waals surface area (Å²) in [6.07, 6.45) is 3.53. The number of nitrogens with zero attached hydrogens (tertiary/aromatic N) is 2. The van der Waals surface area contributed by atoms with E-state index in [9.17, 15) is 4.79 Å². The van der Waals surface area contributed by atoms with Crippen LogP contribution >= 0.6 is 0 Å². The minimum absolute atomic E-state index is 0.225. The van der Waals surface area contributed by atoms with Crippen molar-refractivity contribution in [2.75, 3.05) is 24.8 Å². The summed E-state index contributed by atoms with van der Waals surface area (Å²) in [7, 11) is 0. The van der Waals surface area contributed by atoms with Crippen LogP contribution in [0.1, 0.15) is 29.5 Å². The van der Waals surface area contributed by atoms with E-state index in [2.05, 4.69) is 41.3 Å². The maximum absolute atomic E-state index is 12.5. The largest absolute Gasteiger partial charge is 0.454 e. The Hall–Kier alpha value is -3.51. The Balaban J connectivity index is 1.25. The zero-order chi connectivity index (χ0) is 23.3. The third kappa shape index (κ3) is 5.18. The molecule has 0 bridgehead atoms. The zero-order valence-electron chi connectivity index (χ0n) is 19.4. The van der Waals surface area contributed by atoms with Gasteiger partial charge in [0.05, 0.1) is 12.2 Å². The highest BCUT2D eigenvalue weighted by Gasteiger charge is 2.23. The minimum atomic E-state index is -0.466. The van der Waals surface area contributed by atoms with Crippen molar-refractivity contribution in [2.45, 2.75) is 32.4 Å². The van der Waals surface area contributed by atoms with E-state index in [1.54, 1.807) is 4.90 Å². The van der Waals surface area contributed by atoms with Gasteiger partial charge in [0.15, 0.2) is 11.5 Å². The van der Waals surface area contributed by atoms with Crippen LogP contribution < -0.4 is 20.1 Å². The Morgan fingerprint density at radius 1 is 0.912 bits per heavy atom. The molecule has 2 heterocycles. The first-order valence-corrected chi connectivity index (χ1v) is 12.0. The molecule has 3 aromatic carbocycles. The van der Waals surface area contributed by atoms with Crippen molar-refractivity contribution < 1.29 is 14.3 Å². The predicted octanol–water partition coefficient (Wildman–Crippen LogP) is 4.96. The molecule has 6 heteroatoms. The van der Waals surface area contributed by atoms with E-state index in [1.165, 1.54) is 18.4 Å². The number of piperidine rings is 1. The van der Waals surface area contributed by atoms with Crippen LogP contribution in [0.15, 0.2) is 72.8 Å². The average molecular weight is 458 g/mol. The van der Waals surface area contributed by atoms with Gasteiger partial charge in [0.2, 0.25) is 6.79 Å². The Labute approximate surface area is 200 Å². The molecule has 5 rings (SSSR count). The van der Waals surface area contributed by atoms with Gasteiger partial charge in [-0.1, -0.05) is 54.6 Å². The van der Waals surface area contributed by atoms with Gasteiger partial charge in [0.1, 0.15) is 0 Å². The van der Waals surface area contributed by atoms with Gasteiger partial charge in [-0.25, -0.2) is 4.79 Å². The molecule has 1 saturated heterocycles. The molecule has 0 radical (unpaired) electrons. The molecular weight excluding hydrogens is 426 g/mol. The maximum Gasteiger partial charge on any atom is 0.319 e. The first-order valence-electron chi connectivity index (χ1n) is 12.0. The van der Waals surface area contributed by atoms with E-state index in [0.29, 0.717) is 12.3 Å². The first kappa shape index (κ1) is 22.3. The minimum Gasteiger partial charge on any atom is -0.454 e. The number of hydrogen-bond donors (Lipinski definition) is 1. The fourth-order valence-electron chi connectivity index (χ4n) is 4.95. The lowest BCUT2D eigenvalue weighted by Crippen LogP contribution is -2.37.